The molecule has 0 aliphatic rings. The van der Waals surface area contributed by atoms with E-state index < -0.39 is 5.91 Å². The van der Waals surface area contributed by atoms with Gasteiger partial charge in [-0.2, -0.15) is 0 Å². The number of rotatable bonds is 2. The number of halogens is 1. The Morgan fingerprint density at radius 1 is 1.54 bits per heavy atom. The second-order valence-electron chi connectivity index (χ2n) is 2.89. The molecule has 4 heteroatoms. The molecule has 70 valence electrons. The Bertz CT molecular complexity index is 336. The van der Waals surface area contributed by atoms with E-state index in [4.69, 9.17) is 23.1 Å². The van der Waals surface area contributed by atoms with Crippen molar-refractivity contribution in [1.82, 2.24) is 0 Å². The highest BCUT2D eigenvalue weighted by Gasteiger charge is 2.08. The lowest BCUT2D eigenvalue weighted by atomic mass is 10.1. The molecule has 0 spiro atoms. The molecule has 1 unspecified atom stereocenters. The third-order valence-electron chi connectivity index (χ3n) is 1.78. The zero-order valence-electron chi connectivity index (χ0n) is 7.25. The summed E-state index contributed by atoms with van der Waals surface area (Å²) in [6, 6.07) is 4.89. The SMILES string of the molecule is CC(N)c1ccc(Cl)c(C(N)=O)c1. The minimum atomic E-state index is -0.535. The first-order chi connectivity index (χ1) is 6.02. The summed E-state index contributed by atoms with van der Waals surface area (Å²) in [7, 11) is 0. The van der Waals surface area contributed by atoms with Crippen molar-refractivity contribution in [3.8, 4) is 0 Å². The van der Waals surface area contributed by atoms with E-state index in [9.17, 15) is 4.79 Å². The predicted octanol–water partition coefficient (Wildman–Crippen LogP) is 1.46. The number of amides is 1. The van der Waals surface area contributed by atoms with Crippen LogP contribution < -0.4 is 11.5 Å². The molecule has 0 bridgehead atoms. The van der Waals surface area contributed by atoms with Crippen molar-refractivity contribution in [3.63, 3.8) is 0 Å². The second kappa shape index (κ2) is 3.77. The molecule has 1 aromatic carbocycles. The highest BCUT2D eigenvalue weighted by molar-refractivity contribution is 6.33. The number of primary amides is 1. The van der Waals surface area contributed by atoms with Crippen LogP contribution in [0.1, 0.15) is 28.9 Å². The Hall–Kier alpha value is -1.06. The lowest BCUT2D eigenvalue weighted by Crippen LogP contribution is -2.13. The minimum Gasteiger partial charge on any atom is -0.366 e. The molecule has 1 amide bonds. The van der Waals surface area contributed by atoms with E-state index in [0.717, 1.165) is 5.56 Å². The molecule has 0 aromatic heterocycles. The van der Waals surface area contributed by atoms with Gasteiger partial charge in [0.25, 0.3) is 0 Å². The van der Waals surface area contributed by atoms with Crippen molar-refractivity contribution in [2.45, 2.75) is 13.0 Å². The molecule has 1 rings (SSSR count). The van der Waals surface area contributed by atoms with Gasteiger partial charge in [0.1, 0.15) is 0 Å². The molecule has 0 saturated carbocycles. The zero-order valence-corrected chi connectivity index (χ0v) is 8.01. The summed E-state index contributed by atoms with van der Waals surface area (Å²) >= 11 is 5.75. The molecule has 1 aromatic rings. The molecular weight excluding hydrogens is 188 g/mol. The Kier molecular flexibility index (Phi) is 2.90. The summed E-state index contributed by atoms with van der Waals surface area (Å²) in [4.78, 5) is 10.9. The first-order valence-electron chi connectivity index (χ1n) is 3.87. The Morgan fingerprint density at radius 3 is 2.62 bits per heavy atom. The highest BCUT2D eigenvalue weighted by atomic mass is 35.5. The first-order valence-corrected chi connectivity index (χ1v) is 4.25. The molecule has 1 atom stereocenters. The minimum absolute atomic E-state index is 0.129. The average Bonchev–Trinajstić information content (AvgIpc) is 2.04. The van der Waals surface area contributed by atoms with Gasteiger partial charge in [0.05, 0.1) is 10.6 Å². The van der Waals surface area contributed by atoms with Crippen molar-refractivity contribution in [2.24, 2.45) is 11.5 Å². The summed E-state index contributed by atoms with van der Waals surface area (Å²) in [6.45, 7) is 1.83. The number of hydrogen-bond donors (Lipinski definition) is 2. The van der Waals surface area contributed by atoms with Crippen LogP contribution in [0.2, 0.25) is 5.02 Å². The normalized spacial score (nSPS) is 12.5. The Balaban J connectivity index is 3.19. The maximum absolute atomic E-state index is 10.9. The first kappa shape index (κ1) is 10.0. The van der Waals surface area contributed by atoms with Crippen LogP contribution in [0.25, 0.3) is 0 Å². The molecule has 0 radical (unpaired) electrons. The molecule has 0 saturated heterocycles. The van der Waals surface area contributed by atoms with E-state index in [1.54, 1.807) is 18.2 Å². The molecule has 4 N–H and O–H groups in total. The molecule has 0 fully saturated rings. The highest BCUT2D eigenvalue weighted by Crippen LogP contribution is 2.19. The van der Waals surface area contributed by atoms with Gasteiger partial charge in [0, 0.05) is 6.04 Å². The van der Waals surface area contributed by atoms with Crippen LogP contribution in [-0.4, -0.2) is 5.91 Å². The van der Waals surface area contributed by atoms with Crippen LogP contribution in [0.5, 0.6) is 0 Å². The smallest absolute Gasteiger partial charge is 0.250 e. The second-order valence-corrected chi connectivity index (χ2v) is 3.30. The maximum Gasteiger partial charge on any atom is 0.250 e. The van der Waals surface area contributed by atoms with Gasteiger partial charge in [-0.25, -0.2) is 0 Å². The fourth-order valence-electron chi connectivity index (χ4n) is 1.01. The molecular formula is C9H11ClN2O. The molecule has 3 nitrogen and oxygen atoms in total. The van der Waals surface area contributed by atoms with Crippen LogP contribution in [0, 0.1) is 0 Å². The number of carbonyl (C=O) groups is 1. The summed E-state index contributed by atoms with van der Waals surface area (Å²) < 4.78 is 0. The van der Waals surface area contributed by atoms with Gasteiger partial charge >= 0.3 is 0 Å². The van der Waals surface area contributed by atoms with E-state index in [-0.39, 0.29) is 6.04 Å². The van der Waals surface area contributed by atoms with Gasteiger partial charge in [-0.15, -0.1) is 0 Å². The van der Waals surface area contributed by atoms with Gasteiger partial charge < -0.3 is 11.5 Å². The summed E-state index contributed by atoms with van der Waals surface area (Å²) in [5.41, 5.74) is 11.9. The molecule has 0 heterocycles. The van der Waals surface area contributed by atoms with E-state index in [1.807, 2.05) is 6.92 Å². The molecule has 0 aliphatic carbocycles. The summed E-state index contributed by atoms with van der Waals surface area (Å²) in [5, 5.41) is 0.358. The van der Waals surface area contributed by atoms with E-state index in [1.165, 1.54) is 0 Å². The van der Waals surface area contributed by atoms with E-state index in [2.05, 4.69) is 0 Å². The third kappa shape index (κ3) is 2.20. The topological polar surface area (TPSA) is 69.1 Å². The van der Waals surface area contributed by atoms with Crippen molar-refractivity contribution < 1.29 is 4.79 Å². The molecule has 0 aliphatic heterocycles. The van der Waals surface area contributed by atoms with Crippen molar-refractivity contribution in [1.29, 1.82) is 0 Å². The Labute approximate surface area is 81.7 Å². The quantitative estimate of drug-likeness (QED) is 0.756. The van der Waals surface area contributed by atoms with Crippen LogP contribution in [0.15, 0.2) is 18.2 Å². The maximum atomic E-state index is 10.9. The summed E-state index contributed by atoms with van der Waals surface area (Å²) in [6.07, 6.45) is 0. The predicted molar refractivity (Wildman–Crippen MR) is 52.6 cm³/mol. The van der Waals surface area contributed by atoms with Crippen molar-refractivity contribution >= 4 is 17.5 Å². The third-order valence-corrected chi connectivity index (χ3v) is 2.11. The van der Waals surface area contributed by atoms with Gasteiger partial charge in [0.15, 0.2) is 0 Å². The van der Waals surface area contributed by atoms with Crippen molar-refractivity contribution in [2.75, 3.05) is 0 Å². The summed E-state index contributed by atoms with van der Waals surface area (Å²) in [5.74, 6) is -0.535. The average molecular weight is 199 g/mol. The molecule has 13 heavy (non-hydrogen) atoms. The van der Waals surface area contributed by atoms with E-state index >= 15 is 0 Å². The zero-order chi connectivity index (χ0) is 10.0. The fourth-order valence-corrected chi connectivity index (χ4v) is 1.23. The largest absolute Gasteiger partial charge is 0.366 e. The fraction of sp³-hybridized carbons (Fsp3) is 0.222. The van der Waals surface area contributed by atoms with Gasteiger partial charge in [0.2, 0.25) is 5.91 Å². The van der Waals surface area contributed by atoms with Gasteiger partial charge in [-0.1, -0.05) is 17.7 Å². The Morgan fingerprint density at radius 2 is 2.15 bits per heavy atom. The van der Waals surface area contributed by atoms with Crippen LogP contribution in [0.4, 0.5) is 0 Å². The van der Waals surface area contributed by atoms with Gasteiger partial charge in [-0.05, 0) is 24.6 Å². The van der Waals surface area contributed by atoms with Gasteiger partial charge in [-0.3, -0.25) is 4.79 Å². The van der Waals surface area contributed by atoms with Crippen LogP contribution in [0.3, 0.4) is 0 Å². The van der Waals surface area contributed by atoms with Crippen LogP contribution >= 0.6 is 11.6 Å². The number of benzene rings is 1. The number of nitrogens with two attached hydrogens (primary N) is 2. The lowest BCUT2D eigenvalue weighted by Gasteiger charge is -2.07. The lowest BCUT2D eigenvalue weighted by molar-refractivity contribution is 0.100. The monoisotopic (exact) mass is 198 g/mol. The van der Waals surface area contributed by atoms with E-state index in [0.29, 0.717) is 10.6 Å². The van der Waals surface area contributed by atoms with Crippen molar-refractivity contribution in [3.05, 3.63) is 34.3 Å². The number of carbonyl (C=O) groups excluding carboxylic acids is 1. The van der Waals surface area contributed by atoms with Crippen LogP contribution in [-0.2, 0) is 0 Å². The standard InChI is InChI=1S/C9H11ClN2O/c1-5(11)6-2-3-8(10)7(4-6)9(12)13/h2-5H,11H2,1H3,(H2,12,13). The number of hydrogen-bond acceptors (Lipinski definition) is 2.